The highest BCUT2D eigenvalue weighted by Crippen LogP contribution is 2.27. The molecular formula is C20H23NO6. The Morgan fingerprint density at radius 1 is 1.00 bits per heavy atom. The van der Waals surface area contributed by atoms with E-state index in [0.717, 1.165) is 0 Å². The Morgan fingerprint density at radius 3 is 2.33 bits per heavy atom. The molecule has 0 unspecified atom stereocenters. The van der Waals surface area contributed by atoms with Crippen LogP contribution in [-0.4, -0.2) is 32.2 Å². The number of para-hydroxylation sites is 2. The molecule has 0 bridgehead atoms. The Morgan fingerprint density at radius 2 is 1.70 bits per heavy atom. The number of benzene rings is 2. The van der Waals surface area contributed by atoms with Crippen LogP contribution < -0.4 is 24.7 Å². The van der Waals surface area contributed by atoms with Crippen LogP contribution in [0.25, 0.3) is 0 Å². The van der Waals surface area contributed by atoms with E-state index in [4.69, 9.17) is 24.7 Å². The lowest BCUT2D eigenvalue weighted by molar-refractivity contribution is -0.134. The van der Waals surface area contributed by atoms with Gasteiger partial charge in [0.2, 0.25) is 0 Å². The quantitative estimate of drug-likeness (QED) is 0.391. The summed E-state index contributed by atoms with van der Waals surface area (Å²) in [6.45, 7) is 2.75. The summed E-state index contributed by atoms with van der Waals surface area (Å²) in [5.41, 5.74) is 5.42. The highest BCUT2D eigenvalue weighted by atomic mass is 16.5. The number of esters is 1. The van der Waals surface area contributed by atoms with E-state index in [1.807, 2.05) is 25.1 Å². The smallest absolute Gasteiger partial charge is 0.311 e. The van der Waals surface area contributed by atoms with E-state index in [0.29, 0.717) is 36.9 Å². The van der Waals surface area contributed by atoms with Gasteiger partial charge in [-0.15, -0.1) is 0 Å². The predicted molar refractivity (Wildman–Crippen MR) is 99.5 cm³/mol. The molecule has 27 heavy (non-hydrogen) atoms. The third-order valence-corrected chi connectivity index (χ3v) is 3.61. The van der Waals surface area contributed by atoms with Gasteiger partial charge < -0.3 is 24.7 Å². The average molecular weight is 373 g/mol. The van der Waals surface area contributed by atoms with E-state index in [1.165, 1.54) is 19.2 Å². The SMILES string of the molecule is CCOc1ccccc1OCCCC(=O)Oc1cc(OC)ccc1C(N)=O. The zero-order chi connectivity index (χ0) is 19.6. The van der Waals surface area contributed by atoms with Gasteiger partial charge in [0.25, 0.3) is 5.91 Å². The fourth-order valence-electron chi connectivity index (χ4n) is 2.33. The van der Waals surface area contributed by atoms with E-state index < -0.39 is 11.9 Å². The first-order valence-corrected chi connectivity index (χ1v) is 8.58. The van der Waals surface area contributed by atoms with Crippen molar-refractivity contribution in [3.63, 3.8) is 0 Å². The molecule has 0 aromatic heterocycles. The molecule has 0 aliphatic rings. The summed E-state index contributed by atoms with van der Waals surface area (Å²) < 4.78 is 21.5. The van der Waals surface area contributed by atoms with Gasteiger partial charge in [0.15, 0.2) is 11.5 Å². The van der Waals surface area contributed by atoms with Crippen LogP contribution in [0.5, 0.6) is 23.0 Å². The first-order valence-electron chi connectivity index (χ1n) is 8.58. The van der Waals surface area contributed by atoms with Gasteiger partial charge in [-0.3, -0.25) is 9.59 Å². The molecular weight excluding hydrogens is 350 g/mol. The summed E-state index contributed by atoms with van der Waals surface area (Å²) in [5, 5.41) is 0. The minimum Gasteiger partial charge on any atom is -0.497 e. The largest absolute Gasteiger partial charge is 0.497 e. The fraction of sp³-hybridized carbons (Fsp3) is 0.300. The molecule has 1 amide bonds. The first-order chi connectivity index (χ1) is 13.0. The highest BCUT2D eigenvalue weighted by molar-refractivity contribution is 5.96. The topological polar surface area (TPSA) is 97.1 Å². The van der Waals surface area contributed by atoms with Crippen LogP contribution >= 0.6 is 0 Å². The molecule has 0 spiro atoms. The van der Waals surface area contributed by atoms with Gasteiger partial charge in [0, 0.05) is 12.5 Å². The van der Waals surface area contributed by atoms with E-state index in [9.17, 15) is 9.59 Å². The average Bonchev–Trinajstić information content (AvgIpc) is 2.66. The number of carbonyl (C=O) groups is 2. The van der Waals surface area contributed by atoms with Crippen LogP contribution in [-0.2, 0) is 4.79 Å². The van der Waals surface area contributed by atoms with Crippen molar-refractivity contribution in [2.45, 2.75) is 19.8 Å². The fourth-order valence-corrected chi connectivity index (χ4v) is 2.33. The maximum absolute atomic E-state index is 12.1. The Kier molecular flexibility index (Phi) is 7.49. The number of carbonyl (C=O) groups excluding carboxylic acids is 2. The Hall–Kier alpha value is -3.22. The molecule has 0 saturated carbocycles. The lowest BCUT2D eigenvalue weighted by Crippen LogP contribution is -2.16. The van der Waals surface area contributed by atoms with Crippen molar-refractivity contribution in [2.24, 2.45) is 5.73 Å². The lowest BCUT2D eigenvalue weighted by Gasteiger charge is -2.12. The molecule has 0 heterocycles. The number of rotatable bonds is 10. The summed E-state index contributed by atoms with van der Waals surface area (Å²) in [7, 11) is 1.47. The van der Waals surface area contributed by atoms with Crippen LogP contribution in [0.4, 0.5) is 0 Å². The van der Waals surface area contributed by atoms with Crippen LogP contribution in [0.1, 0.15) is 30.1 Å². The van der Waals surface area contributed by atoms with Gasteiger partial charge in [-0.05, 0) is 37.6 Å². The summed E-state index contributed by atoms with van der Waals surface area (Å²) in [6, 6.07) is 11.8. The summed E-state index contributed by atoms with van der Waals surface area (Å²) in [4.78, 5) is 23.5. The Labute approximate surface area is 158 Å². The Bertz CT molecular complexity index is 790. The van der Waals surface area contributed by atoms with Gasteiger partial charge in [-0.2, -0.15) is 0 Å². The monoisotopic (exact) mass is 373 g/mol. The molecule has 144 valence electrons. The molecule has 2 aromatic carbocycles. The van der Waals surface area contributed by atoms with Gasteiger partial charge >= 0.3 is 5.97 Å². The van der Waals surface area contributed by atoms with Crippen molar-refractivity contribution >= 4 is 11.9 Å². The molecule has 7 nitrogen and oxygen atoms in total. The molecule has 0 saturated heterocycles. The second kappa shape index (κ2) is 10.1. The zero-order valence-electron chi connectivity index (χ0n) is 15.4. The maximum Gasteiger partial charge on any atom is 0.311 e. The standard InChI is InChI=1S/C20H23NO6/c1-3-25-16-7-4-5-8-17(16)26-12-6-9-19(22)27-18-13-14(24-2)10-11-15(18)20(21)23/h4-5,7-8,10-11,13H,3,6,9,12H2,1-2H3,(H2,21,23). The molecule has 0 fully saturated rings. The van der Waals surface area contributed by atoms with Crippen LogP contribution in [0.15, 0.2) is 42.5 Å². The first kappa shape index (κ1) is 20.1. The van der Waals surface area contributed by atoms with Crippen molar-refractivity contribution in [1.82, 2.24) is 0 Å². The van der Waals surface area contributed by atoms with Gasteiger partial charge in [-0.1, -0.05) is 12.1 Å². The van der Waals surface area contributed by atoms with Crippen molar-refractivity contribution in [2.75, 3.05) is 20.3 Å². The number of hydrogen-bond donors (Lipinski definition) is 1. The van der Waals surface area contributed by atoms with E-state index in [2.05, 4.69) is 0 Å². The van der Waals surface area contributed by atoms with Crippen molar-refractivity contribution in [1.29, 1.82) is 0 Å². The number of hydrogen-bond acceptors (Lipinski definition) is 6. The van der Waals surface area contributed by atoms with Crippen molar-refractivity contribution in [3.05, 3.63) is 48.0 Å². The van der Waals surface area contributed by atoms with Crippen LogP contribution in [0.3, 0.4) is 0 Å². The molecule has 2 N–H and O–H groups in total. The summed E-state index contributed by atoms with van der Waals surface area (Å²) >= 11 is 0. The van der Waals surface area contributed by atoms with Crippen molar-refractivity contribution in [3.8, 4) is 23.0 Å². The number of nitrogens with two attached hydrogens (primary N) is 1. The van der Waals surface area contributed by atoms with Gasteiger partial charge in [0.1, 0.15) is 11.5 Å². The predicted octanol–water partition coefficient (Wildman–Crippen LogP) is 2.96. The molecule has 7 heteroatoms. The minimum atomic E-state index is -0.684. The normalized spacial score (nSPS) is 10.1. The molecule has 0 aliphatic carbocycles. The zero-order valence-corrected chi connectivity index (χ0v) is 15.4. The molecule has 0 aliphatic heterocycles. The number of ether oxygens (including phenoxy) is 4. The second-order valence-electron chi connectivity index (χ2n) is 5.53. The third-order valence-electron chi connectivity index (χ3n) is 3.61. The molecule has 0 atom stereocenters. The second-order valence-corrected chi connectivity index (χ2v) is 5.53. The van der Waals surface area contributed by atoms with Crippen LogP contribution in [0.2, 0.25) is 0 Å². The van der Waals surface area contributed by atoms with E-state index in [1.54, 1.807) is 12.1 Å². The van der Waals surface area contributed by atoms with E-state index in [-0.39, 0.29) is 17.7 Å². The molecule has 2 rings (SSSR count). The van der Waals surface area contributed by atoms with Crippen LogP contribution in [0, 0.1) is 0 Å². The highest BCUT2D eigenvalue weighted by Gasteiger charge is 2.14. The van der Waals surface area contributed by atoms with Gasteiger partial charge in [0.05, 0.1) is 25.9 Å². The minimum absolute atomic E-state index is 0.0782. The number of methoxy groups -OCH3 is 1. The van der Waals surface area contributed by atoms with Crippen molar-refractivity contribution < 1.29 is 28.5 Å². The van der Waals surface area contributed by atoms with E-state index >= 15 is 0 Å². The number of primary amides is 1. The third kappa shape index (κ3) is 5.91. The summed E-state index contributed by atoms with van der Waals surface area (Å²) in [6.07, 6.45) is 0.557. The number of amides is 1. The van der Waals surface area contributed by atoms with Gasteiger partial charge in [-0.25, -0.2) is 0 Å². The molecule has 0 radical (unpaired) electrons. The molecule has 2 aromatic rings. The lowest BCUT2D eigenvalue weighted by atomic mass is 10.2. The maximum atomic E-state index is 12.1. The Balaban J connectivity index is 1.88. The summed E-state index contributed by atoms with van der Waals surface area (Å²) in [5.74, 6) is 0.637.